The summed E-state index contributed by atoms with van der Waals surface area (Å²) in [5, 5.41) is 0. The van der Waals surface area contributed by atoms with E-state index >= 15 is 0 Å². The minimum absolute atomic E-state index is 0.109. The van der Waals surface area contributed by atoms with Crippen LogP contribution in [0.4, 0.5) is 0 Å². The Labute approximate surface area is 129 Å². The molecule has 0 spiro atoms. The van der Waals surface area contributed by atoms with Crippen LogP contribution in [0.5, 0.6) is 0 Å². The molecule has 0 unspecified atom stereocenters. The van der Waals surface area contributed by atoms with Gasteiger partial charge in [0.1, 0.15) is 0 Å². The summed E-state index contributed by atoms with van der Waals surface area (Å²) in [4.78, 5) is 11.7. The zero-order chi connectivity index (χ0) is 15.3. The molecule has 0 heterocycles. The van der Waals surface area contributed by atoms with Crippen LogP contribution in [-0.4, -0.2) is 12.6 Å². The number of aryl methyl sites for hydroxylation is 1. The van der Waals surface area contributed by atoms with Gasteiger partial charge in [-0.05, 0) is 18.9 Å². The molecule has 1 aromatic carbocycles. The van der Waals surface area contributed by atoms with Crippen molar-refractivity contribution in [1.29, 1.82) is 0 Å². The van der Waals surface area contributed by atoms with Gasteiger partial charge >= 0.3 is 5.97 Å². The minimum Gasteiger partial charge on any atom is -0.465 e. The van der Waals surface area contributed by atoms with Gasteiger partial charge in [-0.15, -0.1) is 0 Å². The average molecular weight is 290 g/mol. The van der Waals surface area contributed by atoms with Crippen LogP contribution in [0, 0.1) is 6.92 Å². The van der Waals surface area contributed by atoms with Gasteiger partial charge in [0.05, 0.1) is 13.0 Å². The van der Waals surface area contributed by atoms with Crippen molar-refractivity contribution in [3.8, 4) is 0 Å². The van der Waals surface area contributed by atoms with Crippen molar-refractivity contribution in [1.82, 2.24) is 0 Å². The summed E-state index contributed by atoms with van der Waals surface area (Å²) in [6.45, 7) is 4.86. The molecule has 0 saturated carbocycles. The molecule has 0 fully saturated rings. The highest BCUT2D eigenvalue weighted by molar-refractivity contribution is 5.72. The molecule has 21 heavy (non-hydrogen) atoms. The summed E-state index contributed by atoms with van der Waals surface area (Å²) >= 11 is 0. The Bertz CT molecular complexity index is 381. The van der Waals surface area contributed by atoms with Gasteiger partial charge in [0.25, 0.3) is 0 Å². The standard InChI is InChI=1S/C19H30O2/c1-3-4-5-6-7-8-9-10-15-21-19(20)16-18-13-11-17(2)12-14-18/h11-14H,3-10,15-16H2,1-2H3. The number of hydrogen-bond acceptors (Lipinski definition) is 2. The lowest BCUT2D eigenvalue weighted by atomic mass is 10.1. The van der Waals surface area contributed by atoms with E-state index in [2.05, 4.69) is 6.92 Å². The Hall–Kier alpha value is -1.31. The predicted molar refractivity (Wildman–Crippen MR) is 88.5 cm³/mol. The molecule has 0 aliphatic heterocycles. The van der Waals surface area contributed by atoms with Crippen molar-refractivity contribution in [3.63, 3.8) is 0 Å². The first-order valence-electron chi connectivity index (χ1n) is 8.43. The monoisotopic (exact) mass is 290 g/mol. The number of esters is 1. The molecule has 0 bridgehead atoms. The number of benzene rings is 1. The van der Waals surface area contributed by atoms with E-state index in [9.17, 15) is 4.79 Å². The molecule has 0 aliphatic rings. The zero-order valence-corrected chi connectivity index (χ0v) is 13.7. The Morgan fingerprint density at radius 3 is 2.10 bits per heavy atom. The van der Waals surface area contributed by atoms with Crippen molar-refractivity contribution in [3.05, 3.63) is 35.4 Å². The van der Waals surface area contributed by atoms with Crippen LogP contribution in [0.1, 0.15) is 69.4 Å². The third-order valence-corrected chi connectivity index (χ3v) is 3.73. The van der Waals surface area contributed by atoms with Gasteiger partial charge in [0, 0.05) is 0 Å². The van der Waals surface area contributed by atoms with Crippen LogP contribution < -0.4 is 0 Å². The SMILES string of the molecule is CCCCCCCCCCOC(=O)Cc1ccc(C)cc1. The van der Waals surface area contributed by atoms with Crippen LogP contribution in [0.3, 0.4) is 0 Å². The first-order chi connectivity index (χ1) is 10.2. The van der Waals surface area contributed by atoms with E-state index in [1.54, 1.807) is 0 Å². The van der Waals surface area contributed by atoms with E-state index < -0.39 is 0 Å². The summed E-state index contributed by atoms with van der Waals surface area (Å²) in [6.07, 6.45) is 10.5. The topological polar surface area (TPSA) is 26.3 Å². The van der Waals surface area contributed by atoms with E-state index in [4.69, 9.17) is 4.74 Å². The minimum atomic E-state index is -0.109. The Morgan fingerprint density at radius 1 is 0.905 bits per heavy atom. The first-order valence-corrected chi connectivity index (χ1v) is 8.43. The van der Waals surface area contributed by atoms with Gasteiger partial charge in [0.15, 0.2) is 0 Å². The molecule has 0 amide bonds. The number of rotatable bonds is 11. The fourth-order valence-corrected chi connectivity index (χ4v) is 2.35. The van der Waals surface area contributed by atoms with Gasteiger partial charge in [-0.2, -0.15) is 0 Å². The zero-order valence-electron chi connectivity index (χ0n) is 13.7. The van der Waals surface area contributed by atoms with Crippen LogP contribution in [0.15, 0.2) is 24.3 Å². The highest BCUT2D eigenvalue weighted by Gasteiger charge is 2.04. The molecule has 0 atom stereocenters. The third kappa shape index (κ3) is 9.28. The Balaban J connectivity index is 1.97. The number of hydrogen-bond donors (Lipinski definition) is 0. The summed E-state index contributed by atoms with van der Waals surface area (Å²) < 4.78 is 5.28. The third-order valence-electron chi connectivity index (χ3n) is 3.73. The molecule has 0 saturated heterocycles. The van der Waals surface area contributed by atoms with Crippen molar-refractivity contribution >= 4 is 5.97 Å². The molecular weight excluding hydrogens is 260 g/mol. The van der Waals surface area contributed by atoms with Crippen molar-refractivity contribution in [2.45, 2.75) is 71.6 Å². The Kier molecular flexibility index (Phi) is 9.60. The van der Waals surface area contributed by atoms with Gasteiger partial charge < -0.3 is 4.74 Å². The summed E-state index contributed by atoms with van der Waals surface area (Å²) in [7, 11) is 0. The number of carbonyl (C=O) groups is 1. The number of carbonyl (C=O) groups excluding carboxylic acids is 1. The summed E-state index contributed by atoms with van der Waals surface area (Å²) in [5.41, 5.74) is 2.24. The van der Waals surface area contributed by atoms with Gasteiger partial charge in [-0.1, -0.05) is 81.7 Å². The molecule has 2 nitrogen and oxygen atoms in total. The van der Waals surface area contributed by atoms with Crippen molar-refractivity contribution < 1.29 is 9.53 Å². The lowest BCUT2D eigenvalue weighted by Gasteiger charge is -2.05. The van der Waals surface area contributed by atoms with Gasteiger partial charge in [0.2, 0.25) is 0 Å². The van der Waals surface area contributed by atoms with Crippen LogP contribution in [0.25, 0.3) is 0 Å². The normalized spacial score (nSPS) is 10.6. The van der Waals surface area contributed by atoms with Gasteiger partial charge in [-0.25, -0.2) is 0 Å². The van der Waals surface area contributed by atoms with Crippen molar-refractivity contribution in [2.24, 2.45) is 0 Å². The molecule has 118 valence electrons. The second-order valence-corrected chi connectivity index (χ2v) is 5.86. The van der Waals surface area contributed by atoms with Crippen LogP contribution in [-0.2, 0) is 16.0 Å². The average Bonchev–Trinajstić information content (AvgIpc) is 2.48. The number of unbranched alkanes of at least 4 members (excludes halogenated alkanes) is 7. The highest BCUT2D eigenvalue weighted by atomic mass is 16.5. The lowest BCUT2D eigenvalue weighted by Crippen LogP contribution is -2.09. The summed E-state index contributed by atoms with van der Waals surface area (Å²) in [6, 6.07) is 8.04. The summed E-state index contributed by atoms with van der Waals surface area (Å²) in [5.74, 6) is -0.109. The fourth-order valence-electron chi connectivity index (χ4n) is 2.35. The molecule has 0 aromatic heterocycles. The molecule has 2 heteroatoms. The molecule has 0 N–H and O–H groups in total. The predicted octanol–water partition coefficient (Wildman–Crippen LogP) is 5.22. The highest BCUT2D eigenvalue weighted by Crippen LogP contribution is 2.09. The quantitative estimate of drug-likeness (QED) is 0.412. The smallest absolute Gasteiger partial charge is 0.310 e. The van der Waals surface area contributed by atoms with E-state index in [0.717, 1.165) is 12.0 Å². The van der Waals surface area contributed by atoms with E-state index in [-0.39, 0.29) is 5.97 Å². The van der Waals surface area contributed by atoms with E-state index in [0.29, 0.717) is 13.0 Å². The Morgan fingerprint density at radius 2 is 1.48 bits per heavy atom. The molecule has 0 radical (unpaired) electrons. The molecule has 0 aliphatic carbocycles. The molecule has 1 rings (SSSR count). The number of ether oxygens (including phenoxy) is 1. The molecule has 1 aromatic rings. The second-order valence-electron chi connectivity index (χ2n) is 5.86. The molecular formula is C19H30O2. The lowest BCUT2D eigenvalue weighted by molar-refractivity contribution is -0.142. The maximum absolute atomic E-state index is 11.7. The maximum Gasteiger partial charge on any atom is 0.310 e. The second kappa shape index (κ2) is 11.4. The fraction of sp³-hybridized carbons (Fsp3) is 0.632. The maximum atomic E-state index is 11.7. The van der Waals surface area contributed by atoms with E-state index in [1.165, 1.54) is 50.5 Å². The van der Waals surface area contributed by atoms with Crippen LogP contribution >= 0.6 is 0 Å². The van der Waals surface area contributed by atoms with E-state index in [1.807, 2.05) is 31.2 Å². The van der Waals surface area contributed by atoms with Gasteiger partial charge in [-0.3, -0.25) is 4.79 Å². The van der Waals surface area contributed by atoms with Crippen molar-refractivity contribution in [2.75, 3.05) is 6.61 Å². The largest absolute Gasteiger partial charge is 0.465 e. The van der Waals surface area contributed by atoms with Crippen LogP contribution in [0.2, 0.25) is 0 Å². The first kappa shape index (κ1) is 17.7.